The summed E-state index contributed by atoms with van der Waals surface area (Å²) in [6.45, 7) is 5.11. The molecule has 0 aliphatic heterocycles. The van der Waals surface area contributed by atoms with E-state index >= 15 is 0 Å². The van der Waals surface area contributed by atoms with E-state index in [0.717, 1.165) is 44.8 Å². The average Bonchev–Trinajstić information content (AvgIpc) is 2.40. The molecule has 0 aromatic rings. The second-order valence-electron chi connectivity index (χ2n) is 5.78. The number of ether oxygens (including phenoxy) is 2. The Morgan fingerprint density at radius 1 is 1.32 bits per heavy atom. The molecule has 0 spiro atoms. The van der Waals surface area contributed by atoms with Crippen molar-refractivity contribution in [3.8, 4) is 0 Å². The first-order valence-electron chi connectivity index (χ1n) is 7.71. The minimum absolute atomic E-state index is 0.361. The Hall–Kier alpha value is -0.160. The van der Waals surface area contributed by atoms with Crippen LogP contribution in [0.15, 0.2) is 0 Å². The largest absolute Gasteiger partial charge is 0.389 e. The summed E-state index contributed by atoms with van der Waals surface area (Å²) in [5.74, 6) is 0.773. The predicted molar refractivity (Wildman–Crippen MR) is 77.4 cm³/mol. The van der Waals surface area contributed by atoms with E-state index in [2.05, 4.69) is 12.2 Å². The van der Waals surface area contributed by atoms with Crippen LogP contribution in [0.5, 0.6) is 0 Å². The van der Waals surface area contributed by atoms with E-state index in [0.29, 0.717) is 19.3 Å². The van der Waals surface area contributed by atoms with Gasteiger partial charge in [0, 0.05) is 20.3 Å². The summed E-state index contributed by atoms with van der Waals surface area (Å²) in [7, 11) is 1.72. The average molecular weight is 273 g/mol. The number of aliphatic hydroxyl groups excluding tert-OH is 1. The van der Waals surface area contributed by atoms with Crippen molar-refractivity contribution in [1.29, 1.82) is 0 Å². The number of nitrogens with one attached hydrogen (secondary N) is 1. The summed E-state index contributed by atoms with van der Waals surface area (Å²) in [5.41, 5.74) is 0. The molecule has 1 saturated carbocycles. The molecule has 1 rings (SSSR count). The molecule has 3 atom stereocenters. The summed E-state index contributed by atoms with van der Waals surface area (Å²) in [4.78, 5) is 0. The normalized spacial score (nSPS) is 25.4. The predicted octanol–water partition coefficient (Wildman–Crippen LogP) is 1.96. The lowest BCUT2D eigenvalue weighted by atomic mass is 9.89. The zero-order chi connectivity index (χ0) is 13.9. The van der Waals surface area contributed by atoms with Gasteiger partial charge < -0.3 is 19.9 Å². The van der Waals surface area contributed by atoms with Crippen LogP contribution in [0, 0.1) is 5.92 Å². The Kier molecular flexibility index (Phi) is 9.43. The fraction of sp³-hybridized carbons (Fsp3) is 1.00. The van der Waals surface area contributed by atoms with Crippen LogP contribution in [-0.2, 0) is 9.47 Å². The highest BCUT2D eigenvalue weighted by molar-refractivity contribution is 4.71. The van der Waals surface area contributed by atoms with E-state index in [1.807, 2.05) is 0 Å². The molecular weight excluding hydrogens is 242 g/mol. The van der Waals surface area contributed by atoms with Crippen molar-refractivity contribution < 1.29 is 14.6 Å². The zero-order valence-corrected chi connectivity index (χ0v) is 12.6. The smallest absolute Gasteiger partial charge is 0.0897 e. The van der Waals surface area contributed by atoms with Crippen LogP contribution < -0.4 is 5.32 Å². The molecule has 1 fully saturated rings. The molecular formula is C15H31NO3. The second-order valence-corrected chi connectivity index (χ2v) is 5.78. The van der Waals surface area contributed by atoms with Gasteiger partial charge in [-0.25, -0.2) is 0 Å². The number of unbranched alkanes of at least 4 members (excludes halogenated alkanes) is 1. The Balaban J connectivity index is 1.94. The fourth-order valence-corrected chi connectivity index (χ4v) is 2.60. The van der Waals surface area contributed by atoms with Crippen LogP contribution in [0.4, 0.5) is 0 Å². The van der Waals surface area contributed by atoms with Gasteiger partial charge in [0.1, 0.15) is 0 Å². The van der Waals surface area contributed by atoms with Crippen LogP contribution in [0.2, 0.25) is 0 Å². The van der Waals surface area contributed by atoms with Gasteiger partial charge in [-0.05, 0) is 38.1 Å². The van der Waals surface area contributed by atoms with Gasteiger partial charge >= 0.3 is 0 Å². The van der Waals surface area contributed by atoms with Gasteiger partial charge in [0.2, 0.25) is 0 Å². The minimum atomic E-state index is -0.389. The molecule has 0 saturated heterocycles. The number of hydrogen-bond acceptors (Lipinski definition) is 4. The van der Waals surface area contributed by atoms with Gasteiger partial charge in [0.05, 0.1) is 18.8 Å². The molecule has 4 nitrogen and oxygen atoms in total. The quantitative estimate of drug-likeness (QED) is 0.597. The summed E-state index contributed by atoms with van der Waals surface area (Å²) in [6.07, 6.45) is 7.02. The minimum Gasteiger partial charge on any atom is -0.389 e. The molecule has 0 amide bonds. The maximum absolute atomic E-state index is 9.84. The number of aliphatic hydroxyl groups is 1. The Bertz CT molecular complexity index is 214. The molecule has 0 bridgehead atoms. The number of methoxy groups -OCH3 is 1. The Labute approximate surface area is 117 Å². The van der Waals surface area contributed by atoms with E-state index in [1.54, 1.807) is 7.11 Å². The molecule has 114 valence electrons. The van der Waals surface area contributed by atoms with Crippen molar-refractivity contribution in [2.24, 2.45) is 5.92 Å². The molecule has 4 heteroatoms. The van der Waals surface area contributed by atoms with Crippen molar-refractivity contribution in [1.82, 2.24) is 5.32 Å². The summed E-state index contributed by atoms with van der Waals surface area (Å²) >= 11 is 0. The first kappa shape index (κ1) is 16.9. The van der Waals surface area contributed by atoms with Crippen molar-refractivity contribution >= 4 is 0 Å². The van der Waals surface area contributed by atoms with Gasteiger partial charge in [0.25, 0.3) is 0 Å². The third-order valence-corrected chi connectivity index (χ3v) is 3.74. The third-order valence-electron chi connectivity index (χ3n) is 3.74. The molecule has 0 aromatic heterocycles. The number of rotatable bonds is 10. The number of hydrogen-bond donors (Lipinski definition) is 2. The molecule has 1 aliphatic carbocycles. The summed E-state index contributed by atoms with van der Waals surface area (Å²) in [6, 6.07) is 0. The monoisotopic (exact) mass is 273 g/mol. The van der Waals surface area contributed by atoms with Crippen molar-refractivity contribution in [2.45, 2.75) is 57.7 Å². The zero-order valence-electron chi connectivity index (χ0n) is 12.6. The van der Waals surface area contributed by atoms with Gasteiger partial charge in [-0.1, -0.05) is 19.8 Å². The Morgan fingerprint density at radius 2 is 2.16 bits per heavy atom. The lowest BCUT2D eigenvalue weighted by Crippen LogP contribution is -2.33. The highest BCUT2D eigenvalue weighted by atomic mass is 16.5. The fourth-order valence-electron chi connectivity index (χ4n) is 2.60. The lowest BCUT2D eigenvalue weighted by Gasteiger charge is -2.27. The van der Waals surface area contributed by atoms with E-state index in [-0.39, 0.29) is 6.10 Å². The first-order chi connectivity index (χ1) is 9.22. The van der Waals surface area contributed by atoms with E-state index < -0.39 is 0 Å². The molecule has 0 aromatic carbocycles. The van der Waals surface area contributed by atoms with E-state index in [9.17, 15) is 5.11 Å². The van der Waals surface area contributed by atoms with E-state index in [4.69, 9.17) is 9.47 Å². The molecule has 0 heterocycles. The van der Waals surface area contributed by atoms with Crippen LogP contribution >= 0.6 is 0 Å². The van der Waals surface area contributed by atoms with Gasteiger partial charge in [-0.15, -0.1) is 0 Å². The maximum Gasteiger partial charge on any atom is 0.0897 e. The highest BCUT2D eigenvalue weighted by Gasteiger charge is 2.20. The van der Waals surface area contributed by atoms with Crippen LogP contribution in [0.25, 0.3) is 0 Å². The molecule has 0 radical (unpaired) electrons. The standard InChI is InChI=1S/C15H31NO3/c1-13-6-5-7-15(10-13)19-12-14(17)11-16-8-3-4-9-18-2/h13-17H,3-12H2,1-2H3. The van der Waals surface area contributed by atoms with Crippen LogP contribution in [0.3, 0.4) is 0 Å². The molecule has 1 aliphatic rings. The summed E-state index contributed by atoms with van der Waals surface area (Å²) in [5, 5.41) is 13.1. The lowest BCUT2D eigenvalue weighted by molar-refractivity contribution is -0.0305. The van der Waals surface area contributed by atoms with Crippen LogP contribution in [0.1, 0.15) is 45.4 Å². The molecule has 2 N–H and O–H groups in total. The second kappa shape index (κ2) is 10.6. The highest BCUT2D eigenvalue weighted by Crippen LogP contribution is 2.25. The molecule has 19 heavy (non-hydrogen) atoms. The van der Waals surface area contributed by atoms with Crippen LogP contribution in [-0.4, -0.2) is 50.7 Å². The third kappa shape index (κ3) is 8.58. The van der Waals surface area contributed by atoms with Crippen molar-refractivity contribution in [2.75, 3.05) is 33.4 Å². The Morgan fingerprint density at radius 3 is 2.89 bits per heavy atom. The summed E-state index contributed by atoms with van der Waals surface area (Å²) < 4.78 is 10.8. The first-order valence-corrected chi connectivity index (χ1v) is 7.71. The maximum atomic E-state index is 9.84. The van der Waals surface area contributed by atoms with Gasteiger partial charge in [-0.3, -0.25) is 0 Å². The topological polar surface area (TPSA) is 50.7 Å². The van der Waals surface area contributed by atoms with Gasteiger partial charge in [0.15, 0.2) is 0 Å². The van der Waals surface area contributed by atoms with Gasteiger partial charge in [-0.2, -0.15) is 0 Å². The molecule has 3 unspecified atom stereocenters. The van der Waals surface area contributed by atoms with Crippen molar-refractivity contribution in [3.05, 3.63) is 0 Å². The SMILES string of the molecule is COCCCCNCC(O)COC1CCCC(C)C1. The van der Waals surface area contributed by atoms with E-state index in [1.165, 1.54) is 12.8 Å². The van der Waals surface area contributed by atoms with Crippen molar-refractivity contribution in [3.63, 3.8) is 0 Å².